The van der Waals surface area contributed by atoms with Crippen molar-refractivity contribution in [3.63, 3.8) is 0 Å². The molecule has 1 saturated carbocycles. The second kappa shape index (κ2) is 6.33. The fourth-order valence-corrected chi connectivity index (χ4v) is 3.11. The average molecular weight is 340 g/mol. The van der Waals surface area contributed by atoms with Crippen LogP contribution in [0, 0.1) is 4.77 Å². The number of hydrogen-bond donors (Lipinski definition) is 0. The molecule has 2 heterocycles. The molecule has 1 aromatic carbocycles. The molecule has 6 nitrogen and oxygen atoms in total. The largest absolute Gasteiger partial charge is 0.303 e. The van der Waals surface area contributed by atoms with Gasteiger partial charge >= 0.3 is 0 Å². The van der Waals surface area contributed by atoms with Crippen LogP contribution in [0.3, 0.4) is 0 Å². The maximum atomic E-state index is 5.51. The Morgan fingerprint density at radius 3 is 2.75 bits per heavy atom. The molecule has 24 heavy (non-hydrogen) atoms. The molecule has 0 radical (unpaired) electrons. The van der Waals surface area contributed by atoms with Gasteiger partial charge in [-0.25, -0.2) is 9.36 Å². The van der Waals surface area contributed by atoms with Crippen molar-refractivity contribution in [2.24, 2.45) is 0 Å². The van der Waals surface area contributed by atoms with E-state index < -0.39 is 0 Å². The highest BCUT2D eigenvalue weighted by Crippen LogP contribution is 2.34. The summed E-state index contributed by atoms with van der Waals surface area (Å²) >= 11 is 5.51. The van der Waals surface area contributed by atoms with E-state index in [-0.39, 0.29) is 0 Å². The van der Waals surface area contributed by atoms with Gasteiger partial charge in [-0.05, 0) is 44.2 Å². The van der Waals surface area contributed by atoms with Gasteiger partial charge in [-0.15, -0.1) is 0 Å². The Hall–Kier alpha value is -2.25. The first-order valence-corrected chi connectivity index (χ1v) is 8.53. The first kappa shape index (κ1) is 15.3. The van der Waals surface area contributed by atoms with E-state index in [1.165, 1.54) is 12.8 Å². The van der Waals surface area contributed by atoms with Gasteiger partial charge in [0.25, 0.3) is 0 Å². The molecule has 2 aromatic heterocycles. The summed E-state index contributed by atoms with van der Waals surface area (Å²) < 4.78 is 6.70. The third kappa shape index (κ3) is 3.18. The van der Waals surface area contributed by atoms with Crippen molar-refractivity contribution in [3.05, 3.63) is 59.4 Å². The predicted octanol–water partition coefficient (Wildman–Crippen LogP) is 3.02. The maximum Gasteiger partial charge on any atom is 0.199 e. The summed E-state index contributed by atoms with van der Waals surface area (Å²) in [7, 11) is 2.07. The quantitative estimate of drug-likeness (QED) is 0.647. The van der Waals surface area contributed by atoms with E-state index in [4.69, 9.17) is 12.2 Å². The third-order valence-corrected chi connectivity index (χ3v) is 4.60. The van der Waals surface area contributed by atoms with Crippen LogP contribution < -0.4 is 0 Å². The molecule has 124 valence electrons. The molecule has 0 spiro atoms. The highest BCUT2D eigenvalue weighted by atomic mass is 32.1. The lowest BCUT2D eigenvalue weighted by atomic mass is 10.3. The minimum absolute atomic E-state index is 0.570. The SMILES string of the molecule is CN(Cc1cnn(-c2ccccc2)c1)Cn1ncn(C2CC2)c1=S. The number of para-hydroxylation sites is 1. The van der Waals surface area contributed by atoms with Gasteiger partial charge < -0.3 is 4.57 Å². The van der Waals surface area contributed by atoms with Crippen molar-refractivity contribution < 1.29 is 0 Å². The van der Waals surface area contributed by atoms with Crippen LogP contribution in [0.1, 0.15) is 24.4 Å². The van der Waals surface area contributed by atoms with Gasteiger partial charge in [0, 0.05) is 24.3 Å². The Morgan fingerprint density at radius 1 is 1.21 bits per heavy atom. The Bertz CT molecular complexity index is 874. The summed E-state index contributed by atoms with van der Waals surface area (Å²) in [6.45, 7) is 1.47. The molecule has 1 aliphatic rings. The van der Waals surface area contributed by atoms with Crippen molar-refractivity contribution in [3.8, 4) is 5.69 Å². The predicted molar refractivity (Wildman–Crippen MR) is 94.4 cm³/mol. The minimum atomic E-state index is 0.570. The van der Waals surface area contributed by atoms with Crippen LogP contribution >= 0.6 is 12.2 Å². The van der Waals surface area contributed by atoms with E-state index >= 15 is 0 Å². The molecule has 0 amide bonds. The lowest BCUT2D eigenvalue weighted by Crippen LogP contribution is -2.22. The van der Waals surface area contributed by atoms with Gasteiger partial charge in [0.1, 0.15) is 6.33 Å². The smallest absolute Gasteiger partial charge is 0.199 e. The van der Waals surface area contributed by atoms with Crippen LogP contribution in [-0.4, -0.2) is 36.1 Å². The summed E-state index contributed by atoms with van der Waals surface area (Å²) in [4.78, 5) is 2.19. The van der Waals surface area contributed by atoms with Gasteiger partial charge in [-0.2, -0.15) is 10.2 Å². The number of rotatable bonds is 6. The molecule has 0 unspecified atom stereocenters. The standard InChI is InChI=1S/C17H20N6S/c1-20(13-23-17(24)21(12-19-23)15-7-8-15)10-14-9-18-22(11-14)16-5-3-2-4-6-16/h2-6,9,11-12,15H,7-8,10,13H2,1H3. The highest BCUT2D eigenvalue weighted by Gasteiger charge is 2.25. The van der Waals surface area contributed by atoms with Gasteiger partial charge in [0.05, 0.1) is 18.6 Å². The van der Waals surface area contributed by atoms with Crippen LogP contribution in [0.25, 0.3) is 5.69 Å². The summed E-state index contributed by atoms with van der Waals surface area (Å²) in [6.07, 6.45) is 8.27. The average Bonchev–Trinajstić information content (AvgIpc) is 3.22. The van der Waals surface area contributed by atoms with Gasteiger partial charge in [0.15, 0.2) is 4.77 Å². The molecule has 0 saturated heterocycles. The first-order valence-electron chi connectivity index (χ1n) is 8.12. The van der Waals surface area contributed by atoms with Crippen molar-refractivity contribution in [2.45, 2.75) is 32.1 Å². The fourth-order valence-electron chi connectivity index (χ4n) is 2.80. The maximum absolute atomic E-state index is 5.51. The summed E-state index contributed by atoms with van der Waals surface area (Å²) in [6, 6.07) is 10.7. The van der Waals surface area contributed by atoms with E-state index in [1.54, 1.807) is 0 Å². The highest BCUT2D eigenvalue weighted by molar-refractivity contribution is 7.71. The van der Waals surface area contributed by atoms with Crippen LogP contribution in [0.4, 0.5) is 0 Å². The second-order valence-electron chi connectivity index (χ2n) is 6.34. The van der Waals surface area contributed by atoms with Crippen LogP contribution in [0.5, 0.6) is 0 Å². The van der Waals surface area contributed by atoms with Crippen molar-refractivity contribution >= 4 is 12.2 Å². The van der Waals surface area contributed by atoms with Crippen molar-refractivity contribution in [1.29, 1.82) is 0 Å². The number of nitrogens with zero attached hydrogens (tertiary/aromatic N) is 6. The first-order chi connectivity index (χ1) is 11.7. The van der Waals surface area contributed by atoms with Crippen molar-refractivity contribution in [2.75, 3.05) is 7.05 Å². The van der Waals surface area contributed by atoms with E-state index in [0.717, 1.165) is 22.6 Å². The van der Waals surface area contributed by atoms with E-state index in [1.807, 2.05) is 52.2 Å². The Kier molecular flexibility index (Phi) is 4.03. The van der Waals surface area contributed by atoms with Crippen LogP contribution in [0.15, 0.2) is 49.1 Å². The third-order valence-electron chi connectivity index (χ3n) is 4.18. The molecule has 0 aliphatic heterocycles. The monoisotopic (exact) mass is 340 g/mol. The lowest BCUT2D eigenvalue weighted by Gasteiger charge is -2.15. The number of benzene rings is 1. The van der Waals surface area contributed by atoms with E-state index in [0.29, 0.717) is 12.7 Å². The molecule has 7 heteroatoms. The molecule has 0 bridgehead atoms. The summed E-state index contributed by atoms with van der Waals surface area (Å²) in [5.74, 6) is 0. The van der Waals surface area contributed by atoms with Crippen LogP contribution in [0.2, 0.25) is 0 Å². The molecular formula is C17H20N6S. The molecule has 0 N–H and O–H groups in total. The second-order valence-corrected chi connectivity index (χ2v) is 6.70. The molecule has 0 atom stereocenters. The van der Waals surface area contributed by atoms with Crippen molar-refractivity contribution in [1.82, 2.24) is 29.0 Å². The fraction of sp³-hybridized carbons (Fsp3) is 0.353. The Balaban J connectivity index is 1.42. The Labute approximate surface area is 145 Å². The molecule has 4 rings (SSSR count). The summed E-state index contributed by atoms with van der Waals surface area (Å²) in [5.41, 5.74) is 2.23. The van der Waals surface area contributed by atoms with E-state index in [2.05, 4.69) is 32.9 Å². The van der Waals surface area contributed by atoms with Crippen LogP contribution in [-0.2, 0) is 13.2 Å². The lowest BCUT2D eigenvalue weighted by molar-refractivity contribution is 0.243. The zero-order chi connectivity index (χ0) is 16.5. The van der Waals surface area contributed by atoms with E-state index in [9.17, 15) is 0 Å². The van der Waals surface area contributed by atoms with Gasteiger partial charge in [-0.1, -0.05) is 18.2 Å². The zero-order valence-corrected chi connectivity index (χ0v) is 14.4. The molecular weight excluding hydrogens is 320 g/mol. The molecule has 1 fully saturated rings. The zero-order valence-electron chi connectivity index (χ0n) is 13.6. The normalized spacial score (nSPS) is 14.4. The molecule has 3 aromatic rings. The number of hydrogen-bond acceptors (Lipinski definition) is 4. The molecule has 1 aliphatic carbocycles. The topological polar surface area (TPSA) is 43.8 Å². The van der Waals surface area contributed by atoms with Gasteiger partial charge in [0.2, 0.25) is 0 Å². The number of aromatic nitrogens is 5. The minimum Gasteiger partial charge on any atom is -0.303 e. The van der Waals surface area contributed by atoms with Gasteiger partial charge in [-0.3, -0.25) is 4.90 Å². The Morgan fingerprint density at radius 2 is 2.00 bits per heavy atom. The summed E-state index contributed by atoms with van der Waals surface area (Å²) in [5, 5.41) is 8.87.